The Hall–Kier alpha value is -1.62. The quantitative estimate of drug-likeness (QED) is 0.794. The molecule has 0 atom stereocenters. The second kappa shape index (κ2) is 5.14. The smallest absolute Gasteiger partial charge is 0.219 e. The van der Waals surface area contributed by atoms with E-state index in [2.05, 4.69) is 9.88 Å². The molecule has 1 aromatic rings. The van der Waals surface area contributed by atoms with Crippen LogP contribution in [0.25, 0.3) is 0 Å². The molecule has 2 N–H and O–H groups in total. The zero-order chi connectivity index (χ0) is 12.3. The van der Waals surface area contributed by atoms with E-state index in [1.165, 1.54) is 0 Å². The zero-order valence-corrected chi connectivity index (χ0v) is 10.1. The average molecular weight is 234 g/mol. The first-order valence-electron chi connectivity index (χ1n) is 5.87. The molecular weight excluding hydrogens is 216 g/mol. The van der Waals surface area contributed by atoms with E-state index in [0.29, 0.717) is 6.54 Å². The van der Waals surface area contributed by atoms with Crippen LogP contribution in [0.15, 0.2) is 18.3 Å². The van der Waals surface area contributed by atoms with Gasteiger partial charge in [-0.2, -0.15) is 0 Å². The second-order valence-corrected chi connectivity index (χ2v) is 4.17. The lowest BCUT2D eigenvalue weighted by molar-refractivity contribution is -0.129. The first kappa shape index (κ1) is 11.9. The van der Waals surface area contributed by atoms with Gasteiger partial charge in [-0.3, -0.25) is 9.78 Å². The lowest BCUT2D eigenvalue weighted by atomic mass is 10.2. The summed E-state index contributed by atoms with van der Waals surface area (Å²) in [5.74, 6) is 0.148. The summed E-state index contributed by atoms with van der Waals surface area (Å²) in [6.45, 7) is 5.30. The number of aromatic nitrogens is 1. The monoisotopic (exact) mass is 234 g/mol. The lowest BCUT2D eigenvalue weighted by Crippen LogP contribution is -2.48. The van der Waals surface area contributed by atoms with Crippen molar-refractivity contribution in [3.8, 4) is 0 Å². The molecule has 0 saturated carbocycles. The third-order valence-electron chi connectivity index (χ3n) is 3.13. The van der Waals surface area contributed by atoms with Gasteiger partial charge in [-0.1, -0.05) is 0 Å². The molecule has 0 bridgehead atoms. The molecule has 17 heavy (non-hydrogen) atoms. The molecule has 1 aliphatic rings. The molecule has 0 radical (unpaired) electrons. The fourth-order valence-corrected chi connectivity index (χ4v) is 2.14. The summed E-state index contributed by atoms with van der Waals surface area (Å²) >= 11 is 0. The van der Waals surface area contributed by atoms with Crippen molar-refractivity contribution < 1.29 is 4.79 Å². The van der Waals surface area contributed by atoms with E-state index in [-0.39, 0.29) is 5.91 Å². The molecule has 1 aliphatic heterocycles. The SMILES string of the molecule is CC(=O)N1CCN(c2cccnc2CN)CC1. The average Bonchev–Trinajstić information content (AvgIpc) is 2.39. The molecule has 92 valence electrons. The van der Waals surface area contributed by atoms with Crippen LogP contribution in [0.4, 0.5) is 5.69 Å². The molecule has 2 rings (SSSR count). The van der Waals surface area contributed by atoms with Crippen molar-refractivity contribution in [1.29, 1.82) is 0 Å². The van der Waals surface area contributed by atoms with Gasteiger partial charge in [-0.05, 0) is 12.1 Å². The number of carbonyl (C=O) groups excluding carboxylic acids is 1. The molecule has 0 aromatic carbocycles. The van der Waals surface area contributed by atoms with Crippen molar-refractivity contribution in [3.63, 3.8) is 0 Å². The van der Waals surface area contributed by atoms with Crippen molar-refractivity contribution in [1.82, 2.24) is 9.88 Å². The summed E-state index contributed by atoms with van der Waals surface area (Å²) in [6, 6.07) is 3.96. The summed E-state index contributed by atoms with van der Waals surface area (Å²) in [5, 5.41) is 0. The number of anilines is 1. The molecule has 1 aromatic heterocycles. The fraction of sp³-hybridized carbons (Fsp3) is 0.500. The highest BCUT2D eigenvalue weighted by molar-refractivity contribution is 5.73. The molecular formula is C12H18N4O. The van der Waals surface area contributed by atoms with Gasteiger partial charge in [-0.15, -0.1) is 0 Å². The van der Waals surface area contributed by atoms with Gasteiger partial charge < -0.3 is 15.5 Å². The Balaban J connectivity index is 2.07. The summed E-state index contributed by atoms with van der Waals surface area (Å²) in [7, 11) is 0. The number of hydrogen-bond acceptors (Lipinski definition) is 4. The maximum atomic E-state index is 11.2. The second-order valence-electron chi connectivity index (χ2n) is 4.17. The summed E-state index contributed by atoms with van der Waals surface area (Å²) in [4.78, 5) is 19.6. The van der Waals surface area contributed by atoms with Crippen LogP contribution in [0.5, 0.6) is 0 Å². The first-order chi connectivity index (χ1) is 8.22. The van der Waals surface area contributed by atoms with Gasteiger partial charge >= 0.3 is 0 Å². The zero-order valence-electron chi connectivity index (χ0n) is 10.1. The minimum atomic E-state index is 0.148. The third kappa shape index (κ3) is 2.55. The van der Waals surface area contributed by atoms with Crippen LogP contribution in [-0.4, -0.2) is 42.0 Å². The third-order valence-corrected chi connectivity index (χ3v) is 3.13. The van der Waals surface area contributed by atoms with Crippen molar-refractivity contribution >= 4 is 11.6 Å². The van der Waals surface area contributed by atoms with Crippen molar-refractivity contribution in [2.75, 3.05) is 31.1 Å². The largest absolute Gasteiger partial charge is 0.366 e. The van der Waals surface area contributed by atoms with Crippen LogP contribution in [-0.2, 0) is 11.3 Å². The predicted octanol–water partition coefficient (Wildman–Crippen LogP) is 0.209. The number of nitrogens with zero attached hydrogens (tertiary/aromatic N) is 3. The van der Waals surface area contributed by atoms with Crippen molar-refractivity contribution in [2.24, 2.45) is 5.73 Å². The minimum Gasteiger partial charge on any atom is -0.366 e. The number of pyridine rings is 1. The highest BCUT2D eigenvalue weighted by Gasteiger charge is 2.20. The van der Waals surface area contributed by atoms with Gasteiger partial charge in [0.15, 0.2) is 0 Å². The van der Waals surface area contributed by atoms with Crippen LogP contribution in [0.1, 0.15) is 12.6 Å². The van der Waals surface area contributed by atoms with Crippen LogP contribution >= 0.6 is 0 Å². The summed E-state index contributed by atoms with van der Waals surface area (Å²) in [5.41, 5.74) is 7.69. The molecule has 5 heteroatoms. The number of rotatable bonds is 2. The van der Waals surface area contributed by atoms with E-state index >= 15 is 0 Å². The van der Waals surface area contributed by atoms with E-state index < -0.39 is 0 Å². The van der Waals surface area contributed by atoms with E-state index in [4.69, 9.17) is 5.73 Å². The van der Waals surface area contributed by atoms with Gasteiger partial charge in [0.1, 0.15) is 0 Å². The molecule has 1 amide bonds. The molecule has 2 heterocycles. The summed E-state index contributed by atoms with van der Waals surface area (Å²) in [6.07, 6.45) is 1.76. The molecule has 1 saturated heterocycles. The molecule has 0 unspecified atom stereocenters. The lowest BCUT2D eigenvalue weighted by Gasteiger charge is -2.36. The standard InChI is InChI=1S/C12H18N4O/c1-10(17)15-5-7-16(8-6-15)12-3-2-4-14-11(12)9-13/h2-4H,5-9,13H2,1H3. The molecule has 5 nitrogen and oxygen atoms in total. The Kier molecular flexibility index (Phi) is 3.58. The molecule has 1 fully saturated rings. The highest BCUT2D eigenvalue weighted by Crippen LogP contribution is 2.19. The van der Waals surface area contributed by atoms with Crippen LogP contribution in [0, 0.1) is 0 Å². The molecule has 0 aliphatic carbocycles. The van der Waals surface area contributed by atoms with E-state index in [0.717, 1.165) is 37.6 Å². The Morgan fingerprint density at radius 2 is 2.12 bits per heavy atom. The van der Waals surface area contributed by atoms with E-state index in [9.17, 15) is 4.79 Å². The van der Waals surface area contributed by atoms with Crippen LogP contribution in [0.2, 0.25) is 0 Å². The number of carbonyl (C=O) groups is 1. The van der Waals surface area contributed by atoms with Crippen molar-refractivity contribution in [3.05, 3.63) is 24.0 Å². The maximum Gasteiger partial charge on any atom is 0.219 e. The highest BCUT2D eigenvalue weighted by atomic mass is 16.2. The van der Waals surface area contributed by atoms with E-state index in [1.807, 2.05) is 17.0 Å². The summed E-state index contributed by atoms with van der Waals surface area (Å²) < 4.78 is 0. The Morgan fingerprint density at radius 3 is 2.71 bits per heavy atom. The van der Waals surface area contributed by atoms with Crippen LogP contribution in [0.3, 0.4) is 0 Å². The first-order valence-corrected chi connectivity index (χ1v) is 5.87. The number of piperazine rings is 1. The van der Waals surface area contributed by atoms with Gasteiger partial charge in [0.2, 0.25) is 5.91 Å². The van der Waals surface area contributed by atoms with Gasteiger partial charge in [0.25, 0.3) is 0 Å². The van der Waals surface area contributed by atoms with Crippen molar-refractivity contribution in [2.45, 2.75) is 13.5 Å². The number of amides is 1. The van der Waals surface area contributed by atoms with Gasteiger partial charge in [0.05, 0.1) is 11.4 Å². The Morgan fingerprint density at radius 1 is 1.41 bits per heavy atom. The topological polar surface area (TPSA) is 62.5 Å². The fourth-order valence-electron chi connectivity index (χ4n) is 2.14. The van der Waals surface area contributed by atoms with Gasteiger partial charge in [0, 0.05) is 45.8 Å². The Labute approximate surface area is 101 Å². The minimum absolute atomic E-state index is 0.148. The van der Waals surface area contributed by atoms with Gasteiger partial charge in [-0.25, -0.2) is 0 Å². The normalized spacial score (nSPS) is 16.1. The maximum absolute atomic E-state index is 11.2. The Bertz CT molecular complexity index is 399. The van der Waals surface area contributed by atoms with E-state index in [1.54, 1.807) is 13.1 Å². The number of nitrogens with two attached hydrogens (primary N) is 1. The van der Waals surface area contributed by atoms with Crippen LogP contribution < -0.4 is 10.6 Å². The predicted molar refractivity (Wildman–Crippen MR) is 66.6 cm³/mol. The number of hydrogen-bond donors (Lipinski definition) is 1. The molecule has 0 spiro atoms.